The molecule has 2 aromatic rings. The number of pyridine rings is 1. The zero-order valence-electron chi connectivity index (χ0n) is 14.6. The number of amides is 1. The van der Waals surface area contributed by atoms with Crippen molar-refractivity contribution in [3.8, 4) is 0 Å². The van der Waals surface area contributed by atoms with Gasteiger partial charge in [0, 0.05) is 31.0 Å². The van der Waals surface area contributed by atoms with Gasteiger partial charge in [-0.1, -0.05) is 18.6 Å². The average Bonchev–Trinajstić information content (AvgIpc) is 3.00. The van der Waals surface area contributed by atoms with Crippen molar-refractivity contribution in [2.45, 2.75) is 38.6 Å². The lowest BCUT2D eigenvalue weighted by Gasteiger charge is -2.21. The number of aromatic nitrogens is 1. The molecular weight excluding hydrogens is 319 g/mol. The normalized spacial score (nSPS) is 19.8. The third-order valence-electron chi connectivity index (χ3n) is 5.12. The highest BCUT2D eigenvalue weighted by Crippen LogP contribution is 2.29. The van der Waals surface area contributed by atoms with Gasteiger partial charge in [0.1, 0.15) is 11.4 Å². The molecule has 0 unspecified atom stereocenters. The third-order valence-corrected chi connectivity index (χ3v) is 5.12. The predicted octanol–water partition coefficient (Wildman–Crippen LogP) is 2.97. The van der Waals surface area contributed by atoms with E-state index in [1.54, 1.807) is 22.9 Å². The number of halogens is 1. The molecule has 0 bridgehead atoms. The Bertz CT molecular complexity index is 827. The minimum atomic E-state index is -0.309. The van der Waals surface area contributed by atoms with E-state index in [9.17, 15) is 14.0 Å². The summed E-state index contributed by atoms with van der Waals surface area (Å²) in [6.45, 7) is 1.83. The molecule has 1 aliphatic rings. The Morgan fingerprint density at radius 2 is 2.00 bits per heavy atom. The fraction of sp³-hybridized carbons (Fsp3) is 0.400. The van der Waals surface area contributed by atoms with Crippen molar-refractivity contribution in [1.82, 2.24) is 9.88 Å². The molecule has 1 aliphatic carbocycles. The van der Waals surface area contributed by atoms with E-state index in [1.807, 2.05) is 14.0 Å². The maximum absolute atomic E-state index is 13.0. The molecule has 0 spiro atoms. The van der Waals surface area contributed by atoms with E-state index in [0.29, 0.717) is 5.92 Å². The molecule has 1 N–H and O–H groups in total. The number of rotatable bonds is 4. The van der Waals surface area contributed by atoms with Crippen molar-refractivity contribution in [2.75, 3.05) is 0 Å². The molecule has 1 aromatic carbocycles. The highest BCUT2D eigenvalue weighted by molar-refractivity contribution is 5.94. The molecule has 0 radical (unpaired) electrons. The minimum absolute atomic E-state index is 0.0450. The first-order valence-corrected chi connectivity index (χ1v) is 8.66. The molecule has 4 nitrogen and oxygen atoms in total. The maximum atomic E-state index is 13.0. The van der Waals surface area contributed by atoms with E-state index >= 15 is 0 Å². The van der Waals surface area contributed by atoms with Gasteiger partial charge in [0.25, 0.3) is 5.91 Å². The van der Waals surface area contributed by atoms with E-state index in [-0.39, 0.29) is 28.8 Å². The van der Waals surface area contributed by atoms with Crippen LogP contribution in [0.1, 0.15) is 40.9 Å². The van der Waals surface area contributed by atoms with Crippen LogP contribution in [0.5, 0.6) is 0 Å². The summed E-state index contributed by atoms with van der Waals surface area (Å²) in [4.78, 5) is 24.7. The molecule has 3 rings (SSSR count). The van der Waals surface area contributed by atoms with Crippen LogP contribution in [0.15, 0.2) is 41.3 Å². The van der Waals surface area contributed by atoms with Gasteiger partial charge in [0.2, 0.25) is 0 Å². The van der Waals surface area contributed by atoms with Crippen molar-refractivity contribution in [3.05, 3.63) is 69.4 Å². The van der Waals surface area contributed by atoms with Crippen LogP contribution < -0.4 is 10.7 Å². The summed E-state index contributed by atoms with van der Waals surface area (Å²) >= 11 is 0. The maximum Gasteiger partial charge on any atom is 0.256 e. The van der Waals surface area contributed by atoms with Crippen LogP contribution in [0.25, 0.3) is 0 Å². The minimum Gasteiger partial charge on any atom is -0.354 e. The second-order valence-electron chi connectivity index (χ2n) is 6.91. The zero-order chi connectivity index (χ0) is 18.0. The summed E-state index contributed by atoms with van der Waals surface area (Å²) in [6.07, 6.45) is 5.37. The Morgan fingerprint density at radius 1 is 1.28 bits per heavy atom. The molecule has 2 atom stereocenters. The summed E-state index contributed by atoms with van der Waals surface area (Å²) in [5.41, 5.74) is 1.82. The topological polar surface area (TPSA) is 51.1 Å². The molecule has 0 aliphatic heterocycles. The van der Waals surface area contributed by atoms with Crippen molar-refractivity contribution < 1.29 is 9.18 Å². The largest absolute Gasteiger partial charge is 0.354 e. The second kappa shape index (κ2) is 7.21. The van der Waals surface area contributed by atoms with Crippen molar-refractivity contribution in [1.29, 1.82) is 0 Å². The molecule has 1 saturated carbocycles. The summed E-state index contributed by atoms with van der Waals surface area (Å²) in [7, 11) is 1.82. The number of nitrogens with zero attached hydrogens (tertiary/aromatic N) is 1. The highest BCUT2D eigenvalue weighted by Gasteiger charge is 2.29. The Labute approximate surface area is 146 Å². The molecule has 132 valence electrons. The van der Waals surface area contributed by atoms with Crippen LogP contribution in [0.2, 0.25) is 0 Å². The fourth-order valence-electron chi connectivity index (χ4n) is 3.54. The molecule has 25 heavy (non-hydrogen) atoms. The first kappa shape index (κ1) is 17.4. The smallest absolute Gasteiger partial charge is 0.256 e. The number of carbonyl (C=O) groups is 1. The van der Waals surface area contributed by atoms with E-state index in [0.717, 1.165) is 36.9 Å². The van der Waals surface area contributed by atoms with Crippen LogP contribution in [0.3, 0.4) is 0 Å². The van der Waals surface area contributed by atoms with Gasteiger partial charge in [-0.25, -0.2) is 4.39 Å². The molecule has 1 amide bonds. The van der Waals surface area contributed by atoms with Gasteiger partial charge in [-0.3, -0.25) is 9.59 Å². The van der Waals surface area contributed by atoms with Gasteiger partial charge in [-0.15, -0.1) is 0 Å². The standard InChI is InChI=1S/C20H23FN2O2/c1-13-10-19(24)17(12-23(13)2)20(25)22-18-5-3-4-15(18)11-14-6-8-16(21)9-7-14/h6-10,12,15,18H,3-5,11H2,1-2H3,(H,22,25)/t15-,18-/m1/s1. The van der Waals surface area contributed by atoms with Gasteiger partial charge in [-0.2, -0.15) is 0 Å². The lowest BCUT2D eigenvalue weighted by Crippen LogP contribution is -2.40. The Balaban J connectivity index is 1.71. The van der Waals surface area contributed by atoms with E-state index in [4.69, 9.17) is 0 Å². The van der Waals surface area contributed by atoms with Gasteiger partial charge in [0.15, 0.2) is 5.43 Å². The van der Waals surface area contributed by atoms with Crippen molar-refractivity contribution in [3.63, 3.8) is 0 Å². The summed E-state index contributed by atoms with van der Waals surface area (Å²) in [6, 6.07) is 8.05. The van der Waals surface area contributed by atoms with Crippen LogP contribution >= 0.6 is 0 Å². The third kappa shape index (κ3) is 3.98. The molecule has 1 fully saturated rings. The van der Waals surface area contributed by atoms with Crippen LogP contribution in [0.4, 0.5) is 4.39 Å². The molecule has 0 saturated heterocycles. The average molecular weight is 342 g/mol. The Hall–Kier alpha value is -2.43. The number of hydrogen-bond acceptors (Lipinski definition) is 2. The first-order valence-electron chi connectivity index (χ1n) is 8.66. The van der Waals surface area contributed by atoms with Gasteiger partial charge >= 0.3 is 0 Å². The zero-order valence-corrected chi connectivity index (χ0v) is 14.6. The van der Waals surface area contributed by atoms with Crippen LogP contribution in [-0.2, 0) is 13.5 Å². The number of hydrogen-bond donors (Lipinski definition) is 1. The SMILES string of the molecule is Cc1cc(=O)c(C(=O)N[C@@H]2CCC[C@@H]2Cc2ccc(F)cc2)cn1C. The summed E-state index contributed by atoms with van der Waals surface area (Å²) < 4.78 is 14.8. The van der Waals surface area contributed by atoms with E-state index in [1.165, 1.54) is 18.2 Å². The van der Waals surface area contributed by atoms with E-state index in [2.05, 4.69) is 5.32 Å². The summed E-state index contributed by atoms with van der Waals surface area (Å²) in [5.74, 6) is -0.240. The van der Waals surface area contributed by atoms with Crippen LogP contribution in [0, 0.1) is 18.7 Å². The first-order chi connectivity index (χ1) is 11.9. The Kier molecular flexibility index (Phi) is 5.02. The lowest BCUT2D eigenvalue weighted by atomic mass is 9.94. The molecule has 1 aromatic heterocycles. The molecule has 1 heterocycles. The van der Waals surface area contributed by atoms with Crippen LogP contribution in [-0.4, -0.2) is 16.5 Å². The van der Waals surface area contributed by atoms with Gasteiger partial charge < -0.3 is 9.88 Å². The number of aryl methyl sites for hydroxylation is 2. The number of benzene rings is 1. The van der Waals surface area contributed by atoms with Crippen molar-refractivity contribution in [2.24, 2.45) is 13.0 Å². The fourth-order valence-corrected chi connectivity index (χ4v) is 3.54. The summed E-state index contributed by atoms with van der Waals surface area (Å²) in [5, 5.41) is 3.04. The molecule has 5 heteroatoms. The van der Waals surface area contributed by atoms with Gasteiger partial charge in [-0.05, 0) is 49.8 Å². The quantitative estimate of drug-likeness (QED) is 0.929. The predicted molar refractivity (Wildman–Crippen MR) is 95.1 cm³/mol. The van der Waals surface area contributed by atoms with Gasteiger partial charge in [0.05, 0.1) is 0 Å². The second-order valence-corrected chi connectivity index (χ2v) is 6.91. The number of carbonyl (C=O) groups excluding carboxylic acids is 1. The lowest BCUT2D eigenvalue weighted by molar-refractivity contribution is 0.0926. The monoisotopic (exact) mass is 342 g/mol. The number of nitrogens with one attached hydrogen (secondary N) is 1. The molecular formula is C20H23FN2O2. The Morgan fingerprint density at radius 3 is 2.72 bits per heavy atom. The highest BCUT2D eigenvalue weighted by atomic mass is 19.1. The van der Waals surface area contributed by atoms with E-state index < -0.39 is 0 Å². The van der Waals surface area contributed by atoms with Crippen molar-refractivity contribution >= 4 is 5.91 Å².